The van der Waals surface area contributed by atoms with E-state index in [9.17, 15) is 4.79 Å². The number of ether oxygens (including phenoxy) is 2. The molecule has 0 radical (unpaired) electrons. The van der Waals surface area contributed by atoms with E-state index in [1.807, 2.05) is 62.6 Å². The van der Waals surface area contributed by atoms with E-state index < -0.39 is 0 Å². The van der Waals surface area contributed by atoms with Crippen molar-refractivity contribution in [2.24, 2.45) is 0 Å². The van der Waals surface area contributed by atoms with Crippen LogP contribution in [0.4, 0.5) is 0 Å². The summed E-state index contributed by atoms with van der Waals surface area (Å²) in [5.41, 5.74) is 2.01. The minimum Gasteiger partial charge on any atom is -0.497 e. The van der Waals surface area contributed by atoms with Crippen molar-refractivity contribution in [2.45, 2.75) is 12.5 Å². The van der Waals surface area contributed by atoms with E-state index in [0.717, 1.165) is 22.6 Å². The van der Waals surface area contributed by atoms with Crippen molar-refractivity contribution in [2.75, 3.05) is 34.9 Å². The van der Waals surface area contributed by atoms with Gasteiger partial charge in [0.1, 0.15) is 11.5 Å². The van der Waals surface area contributed by atoms with Crippen LogP contribution < -0.4 is 14.8 Å². The highest BCUT2D eigenvalue weighted by atomic mass is 16.5. The molecule has 0 aliphatic carbocycles. The number of nitrogens with one attached hydrogen (secondary N) is 1. The molecule has 1 N–H and O–H groups in total. The molecular weight excluding hydrogens is 316 g/mol. The van der Waals surface area contributed by atoms with Crippen LogP contribution in [0.5, 0.6) is 11.5 Å². The van der Waals surface area contributed by atoms with Crippen molar-refractivity contribution in [1.29, 1.82) is 0 Å². The van der Waals surface area contributed by atoms with E-state index >= 15 is 0 Å². The third-order valence-corrected chi connectivity index (χ3v) is 4.14. The maximum Gasteiger partial charge on any atom is 0.224 e. The molecule has 25 heavy (non-hydrogen) atoms. The van der Waals surface area contributed by atoms with Gasteiger partial charge in [0.2, 0.25) is 5.91 Å². The normalized spacial score (nSPS) is 11.9. The zero-order valence-corrected chi connectivity index (χ0v) is 15.3. The van der Waals surface area contributed by atoms with Crippen LogP contribution in [0, 0.1) is 0 Å². The van der Waals surface area contributed by atoms with E-state index in [1.54, 1.807) is 14.2 Å². The lowest BCUT2D eigenvalue weighted by molar-refractivity contribution is -0.120. The summed E-state index contributed by atoms with van der Waals surface area (Å²) >= 11 is 0. The standard InChI is InChI=1S/C20H26N2O3/c1-22(2)18(17-7-5-6-8-19(17)25-4)14-21-20(23)13-15-9-11-16(24-3)12-10-15/h5-12,18H,13-14H2,1-4H3,(H,21,23)/t18-/m1/s1. The summed E-state index contributed by atoms with van der Waals surface area (Å²) in [4.78, 5) is 14.4. The molecule has 1 amide bonds. The fraction of sp³-hybridized carbons (Fsp3) is 0.350. The molecule has 0 aliphatic rings. The van der Waals surface area contributed by atoms with Crippen molar-refractivity contribution < 1.29 is 14.3 Å². The van der Waals surface area contributed by atoms with Gasteiger partial charge in [0.15, 0.2) is 0 Å². The van der Waals surface area contributed by atoms with E-state index in [1.165, 1.54) is 0 Å². The third-order valence-electron chi connectivity index (χ3n) is 4.14. The van der Waals surface area contributed by atoms with Crippen molar-refractivity contribution in [3.8, 4) is 11.5 Å². The van der Waals surface area contributed by atoms with Crippen molar-refractivity contribution >= 4 is 5.91 Å². The van der Waals surface area contributed by atoms with Crippen LogP contribution in [0.2, 0.25) is 0 Å². The first-order valence-electron chi connectivity index (χ1n) is 8.24. The Kier molecular flexibility index (Phi) is 6.83. The minimum atomic E-state index is -0.00749. The summed E-state index contributed by atoms with van der Waals surface area (Å²) in [7, 11) is 7.27. The number of likely N-dealkylation sites (N-methyl/N-ethyl adjacent to an activating group) is 1. The Morgan fingerprint density at radius 2 is 1.72 bits per heavy atom. The largest absolute Gasteiger partial charge is 0.497 e. The van der Waals surface area contributed by atoms with Gasteiger partial charge in [-0.05, 0) is 37.9 Å². The first-order chi connectivity index (χ1) is 12.0. The van der Waals surface area contributed by atoms with E-state index in [2.05, 4.69) is 10.2 Å². The van der Waals surface area contributed by atoms with Gasteiger partial charge in [0, 0.05) is 12.1 Å². The van der Waals surface area contributed by atoms with Gasteiger partial charge in [-0.3, -0.25) is 4.79 Å². The molecule has 0 bridgehead atoms. The van der Waals surface area contributed by atoms with E-state index in [4.69, 9.17) is 9.47 Å². The summed E-state index contributed by atoms with van der Waals surface area (Å²) in [5.74, 6) is 1.60. The molecule has 0 aromatic heterocycles. The van der Waals surface area contributed by atoms with Crippen molar-refractivity contribution in [1.82, 2.24) is 10.2 Å². The smallest absolute Gasteiger partial charge is 0.224 e. The van der Waals surface area contributed by atoms with Gasteiger partial charge in [-0.15, -0.1) is 0 Å². The summed E-state index contributed by atoms with van der Waals surface area (Å²) < 4.78 is 10.6. The first-order valence-corrected chi connectivity index (χ1v) is 8.24. The minimum absolute atomic E-state index is 0.00749. The number of carbonyl (C=O) groups is 1. The number of hydrogen-bond acceptors (Lipinski definition) is 4. The first kappa shape index (κ1) is 18.8. The van der Waals surface area contributed by atoms with Crippen LogP contribution in [0.25, 0.3) is 0 Å². The molecule has 0 saturated heterocycles. The van der Waals surface area contributed by atoms with Crippen LogP contribution in [-0.4, -0.2) is 45.7 Å². The molecule has 0 aliphatic heterocycles. The van der Waals surface area contributed by atoms with Gasteiger partial charge < -0.3 is 19.7 Å². The van der Waals surface area contributed by atoms with Gasteiger partial charge in [-0.1, -0.05) is 30.3 Å². The molecular formula is C20H26N2O3. The number of methoxy groups -OCH3 is 2. The van der Waals surface area contributed by atoms with Gasteiger partial charge in [-0.25, -0.2) is 0 Å². The number of nitrogens with zero attached hydrogens (tertiary/aromatic N) is 1. The second-order valence-corrected chi connectivity index (χ2v) is 6.05. The quantitative estimate of drug-likeness (QED) is 0.801. The maximum atomic E-state index is 12.3. The van der Waals surface area contributed by atoms with E-state index in [0.29, 0.717) is 13.0 Å². The number of benzene rings is 2. The Labute approximate surface area is 149 Å². The Bertz CT molecular complexity index is 684. The molecule has 0 fully saturated rings. The summed E-state index contributed by atoms with van der Waals surface area (Å²) in [5, 5.41) is 3.02. The monoisotopic (exact) mass is 342 g/mol. The Balaban J connectivity index is 1.99. The topological polar surface area (TPSA) is 50.8 Å². The Morgan fingerprint density at radius 3 is 2.32 bits per heavy atom. The Morgan fingerprint density at radius 1 is 1.04 bits per heavy atom. The molecule has 134 valence electrons. The van der Waals surface area contributed by atoms with Crippen LogP contribution in [0.1, 0.15) is 17.2 Å². The third kappa shape index (κ3) is 5.22. The predicted molar refractivity (Wildman–Crippen MR) is 99.1 cm³/mol. The van der Waals surface area contributed by atoms with Gasteiger partial charge in [-0.2, -0.15) is 0 Å². The fourth-order valence-corrected chi connectivity index (χ4v) is 2.71. The van der Waals surface area contributed by atoms with Crippen molar-refractivity contribution in [3.05, 3.63) is 59.7 Å². The number of amides is 1. The number of carbonyl (C=O) groups excluding carboxylic acids is 1. The predicted octanol–water partition coefficient (Wildman–Crippen LogP) is 2.67. The van der Waals surface area contributed by atoms with Crippen LogP contribution in [-0.2, 0) is 11.2 Å². The number of rotatable bonds is 8. The summed E-state index contributed by atoms with van der Waals surface area (Å²) in [6.07, 6.45) is 0.343. The lowest BCUT2D eigenvalue weighted by Crippen LogP contribution is -2.35. The highest BCUT2D eigenvalue weighted by Gasteiger charge is 2.19. The average Bonchev–Trinajstić information content (AvgIpc) is 2.62. The van der Waals surface area contributed by atoms with Crippen LogP contribution in [0.3, 0.4) is 0 Å². The molecule has 0 heterocycles. The molecule has 5 nitrogen and oxygen atoms in total. The molecule has 0 unspecified atom stereocenters. The molecule has 2 aromatic carbocycles. The SMILES string of the molecule is COc1ccc(CC(=O)NC[C@H](c2ccccc2OC)N(C)C)cc1. The summed E-state index contributed by atoms with van der Waals surface area (Å²) in [6.45, 7) is 0.516. The lowest BCUT2D eigenvalue weighted by Gasteiger charge is -2.26. The summed E-state index contributed by atoms with van der Waals surface area (Å²) in [6, 6.07) is 15.5. The zero-order valence-electron chi connectivity index (χ0n) is 15.3. The fourth-order valence-electron chi connectivity index (χ4n) is 2.71. The molecule has 0 saturated carbocycles. The Hall–Kier alpha value is -2.53. The van der Waals surface area contributed by atoms with Crippen LogP contribution in [0.15, 0.2) is 48.5 Å². The zero-order chi connectivity index (χ0) is 18.2. The number of hydrogen-bond donors (Lipinski definition) is 1. The highest BCUT2D eigenvalue weighted by molar-refractivity contribution is 5.78. The van der Waals surface area contributed by atoms with Crippen LogP contribution >= 0.6 is 0 Å². The molecule has 1 atom stereocenters. The highest BCUT2D eigenvalue weighted by Crippen LogP contribution is 2.27. The van der Waals surface area contributed by atoms with Gasteiger partial charge >= 0.3 is 0 Å². The molecule has 2 rings (SSSR count). The van der Waals surface area contributed by atoms with Gasteiger partial charge in [0.05, 0.1) is 26.7 Å². The second-order valence-electron chi connectivity index (χ2n) is 6.05. The van der Waals surface area contributed by atoms with Gasteiger partial charge in [0.25, 0.3) is 0 Å². The van der Waals surface area contributed by atoms with E-state index in [-0.39, 0.29) is 11.9 Å². The molecule has 2 aromatic rings. The second kappa shape index (κ2) is 9.08. The molecule has 0 spiro atoms. The molecule has 5 heteroatoms. The van der Waals surface area contributed by atoms with Crippen molar-refractivity contribution in [3.63, 3.8) is 0 Å². The average molecular weight is 342 g/mol. The lowest BCUT2D eigenvalue weighted by atomic mass is 10.0. The number of para-hydroxylation sites is 1. The maximum absolute atomic E-state index is 12.3.